The first-order chi connectivity index (χ1) is 14.5. The summed E-state index contributed by atoms with van der Waals surface area (Å²) in [5.41, 5.74) is 0.818. The summed E-state index contributed by atoms with van der Waals surface area (Å²) >= 11 is 1.12. The molecule has 4 rings (SSSR count). The summed E-state index contributed by atoms with van der Waals surface area (Å²) in [5, 5.41) is 0. The SMILES string of the molecule is O=C1C(SCc2ccccc2)=C(c2ccc(F)cc2)C(=O)N1c1cc(F)ccc1F. The Kier molecular flexibility index (Phi) is 5.46. The van der Waals surface area contributed by atoms with Gasteiger partial charge in [-0.15, -0.1) is 11.8 Å². The lowest BCUT2D eigenvalue weighted by molar-refractivity contribution is -0.119. The van der Waals surface area contributed by atoms with Crippen LogP contribution < -0.4 is 4.90 Å². The second-order valence-corrected chi connectivity index (χ2v) is 7.51. The highest BCUT2D eigenvalue weighted by Gasteiger charge is 2.41. The summed E-state index contributed by atoms with van der Waals surface area (Å²) in [5.74, 6) is -3.31. The molecule has 1 aliphatic heterocycles. The number of hydrogen-bond acceptors (Lipinski definition) is 3. The molecule has 3 aromatic carbocycles. The molecule has 0 aliphatic carbocycles. The van der Waals surface area contributed by atoms with E-state index >= 15 is 0 Å². The fraction of sp³-hybridized carbons (Fsp3) is 0.0435. The van der Waals surface area contributed by atoms with Crippen LogP contribution in [0.5, 0.6) is 0 Å². The second-order valence-electron chi connectivity index (χ2n) is 6.53. The van der Waals surface area contributed by atoms with Gasteiger partial charge in [-0.3, -0.25) is 9.59 Å². The maximum atomic E-state index is 14.3. The van der Waals surface area contributed by atoms with Crippen molar-refractivity contribution in [1.82, 2.24) is 0 Å². The van der Waals surface area contributed by atoms with Gasteiger partial charge in [0.2, 0.25) is 0 Å². The van der Waals surface area contributed by atoms with Crippen LogP contribution in [0.2, 0.25) is 0 Å². The quantitative estimate of drug-likeness (QED) is 0.519. The molecule has 0 atom stereocenters. The van der Waals surface area contributed by atoms with Crippen LogP contribution in [-0.2, 0) is 15.3 Å². The molecule has 1 heterocycles. The zero-order valence-electron chi connectivity index (χ0n) is 15.4. The number of anilines is 1. The number of carbonyl (C=O) groups is 2. The normalized spacial score (nSPS) is 14.0. The fourth-order valence-corrected chi connectivity index (χ4v) is 4.19. The Morgan fingerprint density at radius 2 is 1.43 bits per heavy atom. The number of rotatable bonds is 5. The van der Waals surface area contributed by atoms with Crippen molar-refractivity contribution in [2.24, 2.45) is 0 Å². The highest BCUT2D eigenvalue weighted by atomic mass is 32.2. The van der Waals surface area contributed by atoms with Gasteiger partial charge in [-0.05, 0) is 35.4 Å². The van der Waals surface area contributed by atoms with Crippen molar-refractivity contribution < 1.29 is 22.8 Å². The first-order valence-electron chi connectivity index (χ1n) is 8.96. The largest absolute Gasteiger partial charge is 0.272 e. The number of benzene rings is 3. The lowest BCUT2D eigenvalue weighted by atomic mass is 10.1. The highest BCUT2D eigenvalue weighted by Crippen LogP contribution is 2.40. The molecule has 0 unspecified atom stereocenters. The molecule has 0 fully saturated rings. The van der Waals surface area contributed by atoms with E-state index < -0.39 is 35.0 Å². The molecule has 0 N–H and O–H groups in total. The molecule has 0 saturated heterocycles. The first kappa shape index (κ1) is 20.0. The van der Waals surface area contributed by atoms with Crippen molar-refractivity contribution in [3.8, 4) is 0 Å². The number of nitrogens with zero attached hydrogens (tertiary/aromatic N) is 1. The van der Waals surface area contributed by atoms with Crippen molar-refractivity contribution in [3.05, 3.63) is 106 Å². The summed E-state index contributed by atoms with van der Waals surface area (Å²) < 4.78 is 41.4. The summed E-state index contributed by atoms with van der Waals surface area (Å²) in [7, 11) is 0. The molecule has 0 radical (unpaired) electrons. The number of imide groups is 1. The van der Waals surface area contributed by atoms with Gasteiger partial charge >= 0.3 is 0 Å². The highest BCUT2D eigenvalue weighted by molar-refractivity contribution is 8.03. The van der Waals surface area contributed by atoms with E-state index in [2.05, 4.69) is 0 Å². The molecule has 7 heteroatoms. The van der Waals surface area contributed by atoms with Crippen LogP contribution in [0, 0.1) is 17.5 Å². The van der Waals surface area contributed by atoms with Gasteiger partial charge in [0.1, 0.15) is 17.5 Å². The zero-order valence-corrected chi connectivity index (χ0v) is 16.3. The van der Waals surface area contributed by atoms with Crippen LogP contribution in [0.15, 0.2) is 77.7 Å². The topological polar surface area (TPSA) is 37.4 Å². The average Bonchev–Trinajstić information content (AvgIpc) is 2.99. The number of halogens is 3. The molecule has 0 saturated carbocycles. The van der Waals surface area contributed by atoms with Gasteiger partial charge in [0.15, 0.2) is 0 Å². The van der Waals surface area contributed by atoms with E-state index in [1.807, 2.05) is 30.3 Å². The molecule has 0 aromatic heterocycles. The van der Waals surface area contributed by atoms with Crippen molar-refractivity contribution in [3.63, 3.8) is 0 Å². The molecular weight excluding hydrogens is 411 g/mol. The Morgan fingerprint density at radius 1 is 0.767 bits per heavy atom. The fourth-order valence-electron chi connectivity index (χ4n) is 3.12. The summed E-state index contributed by atoms with van der Waals surface area (Å²) in [4.78, 5) is 27.0. The second kappa shape index (κ2) is 8.20. The minimum absolute atomic E-state index is 0.0320. The number of carbonyl (C=O) groups excluding carboxylic acids is 2. The van der Waals surface area contributed by atoms with Gasteiger partial charge in [0.05, 0.1) is 16.2 Å². The molecule has 1 aliphatic rings. The Labute approximate surface area is 174 Å². The van der Waals surface area contributed by atoms with Crippen LogP contribution >= 0.6 is 11.8 Å². The lowest BCUT2D eigenvalue weighted by Crippen LogP contribution is -2.32. The molecular formula is C23H14F3NO2S. The lowest BCUT2D eigenvalue weighted by Gasteiger charge is -2.16. The van der Waals surface area contributed by atoms with Gasteiger partial charge in [-0.25, -0.2) is 18.1 Å². The Balaban J connectivity index is 1.77. The van der Waals surface area contributed by atoms with Crippen LogP contribution in [0.25, 0.3) is 5.57 Å². The molecule has 0 bridgehead atoms. The van der Waals surface area contributed by atoms with E-state index in [1.54, 1.807) is 0 Å². The van der Waals surface area contributed by atoms with E-state index in [-0.39, 0.29) is 10.5 Å². The minimum atomic E-state index is -0.897. The number of amides is 2. The van der Waals surface area contributed by atoms with Gasteiger partial charge in [0, 0.05) is 11.8 Å². The number of hydrogen-bond donors (Lipinski definition) is 0. The maximum Gasteiger partial charge on any atom is 0.272 e. The third kappa shape index (κ3) is 3.76. The average molecular weight is 425 g/mol. The van der Waals surface area contributed by atoms with Gasteiger partial charge in [-0.2, -0.15) is 0 Å². The van der Waals surface area contributed by atoms with Crippen molar-refractivity contribution in [1.29, 1.82) is 0 Å². The van der Waals surface area contributed by atoms with Crippen LogP contribution in [0.4, 0.5) is 18.9 Å². The molecule has 3 aromatic rings. The Bertz CT molecular complexity index is 1160. The van der Waals surface area contributed by atoms with Crippen LogP contribution in [0.1, 0.15) is 11.1 Å². The van der Waals surface area contributed by atoms with E-state index in [0.717, 1.165) is 35.5 Å². The van der Waals surface area contributed by atoms with Gasteiger partial charge in [0.25, 0.3) is 11.8 Å². The molecule has 2 amide bonds. The maximum absolute atomic E-state index is 14.3. The Hall–Kier alpha value is -3.32. The van der Waals surface area contributed by atoms with E-state index in [0.29, 0.717) is 16.2 Å². The van der Waals surface area contributed by atoms with Crippen molar-refractivity contribution in [2.45, 2.75) is 5.75 Å². The zero-order chi connectivity index (χ0) is 21.3. The van der Waals surface area contributed by atoms with Crippen molar-refractivity contribution >= 4 is 34.8 Å². The van der Waals surface area contributed by atoms with E-state index in [9.17, 15) is 22.8 Å². The van der Waals surface area contributed by atoms with E-state index in [4.69, 9.17) is 0 Å². The summed E-state index contributed by atoms with van der Waals surface area (Å²) in [6.45, 7) is 0. The van der Waals surface area contributed by atoms with Crippen LogP contribution in [-0.4, -0.2) is 11.8 Å². The first-order valence-corrected chi connectivity index (χ1v) is 9.95. The molecule has 150 valence electrons. The molecule has 0 spiro atoms. The number of thioether (sulfide) groups is 1. The van der Waals surface area contributed by atoms with Crippen molar-refractivity contribution in [2.75, 3.05) is 4.90 Å². The predicted octanol–water partition coefficient (Wildman–Crippen LogP) is 5.32. The smallest absolute Gasteiger partial charge is 0.268 e. The molecule has 3 nitrogen and oxygen atoms in total. The predicted molar refractivity (Wildman–Crippen MR) is 110 cm³/mol. The van der Waals surface area contributed by atoms with Gasteiger partial charge < -0.3 is 0 Å². The molecule has 30 heavy (non-hydrogen) atoms. The van der Waals surface area contributed by atoms with E-state index in [1.165, 1.54) is 24.3 Å². The summed E-state index contributed by atoms with van der Waals surface area (Å²) in [6.07, 6.45) is 0. The Morgan fingerprint density at radius 3 is 2.13 bits per heavy atom. The third-order valence-electron chi connectivity index (χ3n) is 4.55. The van der Waals surface area contributed by atoms with Crippen LogP contribution in [0.3, 0.4) is 0 Å². The minimum Gasteiger partial charge on any atom is -0.268 e. The third-order valence-corrected chi connectivity index (χ3v) is 5.69. The van der Waals surface area contributed by atoms with Gasteiger partial charge in [-0.1, -0.05) is 42.5 Å². The summed E-state index contributed by atoms with van der Waals surface area (Å²) in [6, 6.07) is 17.0. The standard InChI is InChI=1S/C23H14F3NO2S/c24-16-8-6-15(7-9-16)20-21(30-13-14-4-2-1-3-5-14)23(29)27(22(20)28)19-12-17(25)10-11-18(19)26/h1-12H,13H2. The monoisotopic (exact) mass is 425 g/mol.